The van der Waals surface area contributed by atoms with Gasteiger partial charge in [-0.25, -0.2) is 0 Å². The van der Waals surface area contributed by atoms with E-state index in [2.05, 4.69) is 11.8 Å². The first-order valence-corrected chi connectivity index (χ1v) is 7.61. The van der Waals surface area contributed by atoms with Crippen molar-refractivity contribution in [3.8, 4) is 0 Å². The van der Waals surface area contributed by atoms with Crippen LogP contribution in [-0.4, -0.2) is 57.5 Å². The molecule has 1 aliphatic rings. The standard InChI is InChI=1S/C15H32N2O2/c1-14-5-7-15(13-16,8-6-14)17(10-12-19-3)9-4-11-18-2/h14H,4-13,16H2,1-3H3. The molecule has 4 heteroatoms. The van der Waals surface area contributed by atoms with Crippen molar-refractivity contribution in [2.45, 2.75) is 44.6 Å². The van der Waals surface area contributed by atoms with Gasteiger partial charge in [-0.1, -0.05) is 6.92 Å². The molecule has 114 valence electrons. The van der Waals surface area contributed by atoms with Crippen molar-refractivity contribution in [2.75, 3.05) is 47.1 Å². The zero-order chi connectivity index (χ0) is 14.1. The first-order chi connectivity index (χ1) is 9.18. The molecule has 0 bridgehead atoms. The van der Waals surface area contributed by atoms with Crippen molar-refractivity contribution >= 4 is 0 Å². The van der Waals surface area contributed by atoms with E-state index in [-0.39, 0.29) is 5.54 Å². The first kappa shape index (κ1) is 16.9. The lowest BCUT2D eigenvalue weighted by Gasteiger charge is -2.47. The molecule has 0 aliphatic heterocycles. The maximum atomic E-state index is 6.15. The number of nitrogens with zero attached hydrogens (tertiary/aromatic N) is 1. The lowest BCUT2D eigenvalue weighted by Crippen LogP contribution is -2.56. The molecular formula is C15H32N2O2. The maximum absolute atomic E-state index is 6.15. The lowest BCUT2D eigenvalue weighted by atomic mass is 9.76. The van der Waals surface area contributed by atoms with Gasteiger partial charge in [0.2, 0.25) is 0 Å². The van der Waals surface area contributed by atoms with Crippen LogP contribution in [0, 0.1) is 5.92 Å². The molecule has 0 aromatic carbocycles. The Morgan fingerprint density at radius 3 is 2.26 bits per heavy atom. The van der Waals surface area contributed by atoms with Crippen LogP contribution in [0.5, 0.6) is 0 Å². The number of methoxy groups -OCH3 is 2. The van der Waals surface area contributed by atoms with Crippen LogP contribution >= 0.6 is 0 Å². The summed E-state index contributed by atoms with van der Waals surface area (Å²) in [7, 11) is 3.53. The number of rotatable bonds is 9. The van der Waals surface area contributed by atoms with Crippen molar-refractivity contribution in [3.63, 3.8) is 0 Å². The zero-order valence-corrected chi connectivity index (χ0v) is 13.0. The fraction of sp³-hybridized carbons (Fsp3) is 1.00. The van der Waals surface area contributed by atoms with Crippen LogP contribution in [0.2, 0.25) is 0 Å². The quantitative estimate of drug-likeness (QED) is 0.651. The molecule has 0 atom stereocenters. The molecule has 0 aromatic rings. The highest BCUT2D eigenvalue weighted by Gasteiger charge is 2.37. The highest BCUT2D eigenvalue weighted by atomic mass is 16.5. The van der Waals surface area contributed by atoms with Gasteiger partial charge in [0.25, 0.3) is 0 Å². The van der Waals surface area contributed by atoms with Crippen molar-refractivity contribution in [2.24, 2.45) is 11.7 Å². The minimum Gasteiger partial charge on any atom is -0.385 e. The van der Waals surface area contributed by atoms with Gasteiger partial charge < -0.3 is 15.2 Å². The van der Waals surface area contributed by atoms with Gasteiger partial charge in [0.1, 0.15) is 0 Å². The minimum absolute atomic E-state index is 0.193. The smallest absolute Gasteiger partial charge is 0.0589 e. The molecule has 1 fully saturated rings. The third-order valence-corrected chi connectivity index (χ3v) is 4.60. The number of nitrogens with two attached hydrogens (primary N) is 1. The SMILES string of the molecule is COCCCN(CCOC)C1(CN)CCC(C)CC1. The summed E-state index contributed by atoms with van der Waals surface area (Å²) in [6.45, 7) is 6.75. The molecule has 0 saturated heterocycles. The minimum atomic E-state index is 0.193. The summed E-state index contributed by atoms with van der Waals surface area (Å²) >= 11 is 0. The van der Waals surface area contributed by atoms with Gasteiger partial charge in [-0.3, -0.25) is 4.90 Å². The van der Waals surface area contributed by atoms with Gasteiger partial charge in [0.15, 0.2) is 0 Å². The van der Waals surface area contributed by atoms with Gasteiger partial charge in [0.05, 0.1) is 6.61 Å². The molecule has 0 aromatic heterocycles. The second kappa shape index (κ2) is 8.90. The Labute approximate surface area is 118 Å². The lowest BCUT2D eigenvalue weighted by molar-refractivity contribution is 0.0186. The Hall–Kier alpha value is -0.160. The predicted octanol–water partition coefficient (Wildman–Crippen LogP) is 1.88. The Bertz CT molecular complexity index is 228. The molecule has 19 heavy (non-hydrogen) atoms. The molecule has 0 heterocycles. The molecule has 0 amide bonds. The molecular weight excluding hydrogens is 240 g/mol. The summed E-state index contributed by atoms with van der Waals surface area (Å²) in [4.78, 5) is 2.56. The van der Waals surface area contributed by atoms with Gasteiger partial charge >= 0.3 is 0 Å². The van der Waals surface area contributed by atoms with Gasteiger partial charge in [-0.15, -0.1) is 0 Å². The van der Waals surface area contributed by atoms with Crippen LogP contribution in [-0.2, 0) is 9.47 Å². The predicted molar refractivity (Wildman–Crippen MR) is 79.4 cm³/mol. The van der Waals surface area contributed by atoms with Crippen molar-refractivity contribution < 1.29 is 9.47 Å². The molecule has 2 N–H and O–H groups in total. The Morgan fingerprint density at radius 1 is 1.11 bits per heavy atom. The topological polar surface area (TPSA) is 47.7 Å². The van der Waals surface area contributed by atoms with E-state index in [0.717, 1.165) is 45.2 Å². The van der Waals surface area contributed by atoms with Crippen molar-refractivity contribution in [3.05, 3.63) is 0 Å². The Morgan fingerprint density at radius 2 is 1.74 bits per heavy atom. The van der Waals surface area contributed by atoms with Crippen LogP contribution in [0.3, 0.4) is 0 Å². The van der Waals surface area contributed by atoms with Crippen LogP contribution in [0.25, 0.3) is 0 Å². The second-order valence-corrected chi connectivity index (χ2v) is 5.94. The Balaban J connectivity index is 2.62. The average Bonchev–Trinajstić information content (AvgIpc) is 2.44. The first-order valence-electron chi connectivity index (χ1n) is 7.61. The van der Waals surface area contributed by atoms with Crippen LogP contribution < -0.4 is 5.73 Å². The monoisotopic (exact) mass is 272 g/mol. The average molecular weight is 272 g/mol. The third-order valence-electron chi connectivity index (χ3n) is 4.60. The summed E-state index contributed by atoms with van der Waals surface area (Å²) in [6, 6.07) is 0. The van der Waals surface area contributed by atoms with Crippen LogP contribution in [0.4, 0.5) is 0 Å². The second-order valence-electron chi connectivity index (χ2n) is 5.94. The molecule has 4 nitrogen and oxygen atoms in total. The molecule has 0 radical (unpaired) electrons. The van der Waals surface area contributed by atoms with Gasteiger partial charge in [-0.05, 0) is 38.0 Å². The largest absolute Gasteiger partial charge is 0.385 e. The van der Waals surface area contributed by atoms with Crippen LogP contribution in [0.1, 0.15) is 39.0 Å². The van der Waals surface area contributed by atoms with E-state index in [1.165, 1.54) is 25.7 Å². The highest BCUT2D eigenvalue weighted by molar-refractivity contribution is 4.95. The summed E-state index contributed by atoms with van der Waals surface area (Å²) < 4.78 is 10.4. The summed E-state index contributed by atoms with van der Waals surface area (Å²) in [5.41, 5.74) is 6.34. The van der Waals surface area contributed by atoms with E-state index in [0.29, 0.717) is 0 Å². The fourth-order valence-electron chi connectivity index (χ4n) is 3.14. The number of hydrogen-bond donors (Lipinski definition) is 1. The normalized spacial score (nSPS) is 27.9. The highest BCUT2D eigenvalue weighted by Crippen LogP contribution is 2.35. The Kier molecular flexibility index (Phi) is 7.91. The molecule has 1 saturated carbocycles. The van der Waals surface area contributed by atoms with Crippen LogP contribution in [0.15, 0.2) is 0 Å². The van der Waals surface area contributed by atoms with Gasteiger partial charge in [0, 0.05) is 46.0 Å². The molecule has 0 unspecified atom stereocenters. The molecule has 1 aliphatic carbocycles. The van der Waals surface area contributed by atoms with E-state index in [1.807, 2.05) is 0 Å². The van der Waals surface area contributed by atoms with E-state index >= 15 is 0 Å². The molecule has 1 rings (SSSR count). The summed E-state index contributed by atoms with van der Waals surface area (Å²) in [6.07, 6.45) is 6.11. The van der Waals surface area contributed by atoms with E-state index in [9.17, 15) is 0 Å². The summed E-state index contributed by atoms with van der Waals surface area (Å²) in [5, 5.41) is 0. The van der Waals surface area contributed by atoms with Crippen molar-refractivity contribution in [1.29, 1.82) is 0 Å². The van der Waals surface area contributed by atoms with E-state index < -0.39 is 0 Å². The molecule has 0 spiro atoms. The fourth-order valence-corrected chi connectivity index (χ4v) is 3.14. The van der Waals surface area contributed by atoms with Gasteiger partial charge in [-0.2, -0.15) is 0 Å². The number of hydrogen-bond acceptors (Lipinski definition) is 4. The van der Waals surface area contributed by atoms with E-state index in [4.69, 9.17) is 15.2 Å². The van der Waals surface area contributed by atoms with Crippen molar-refractivity contribution in [1.82, 2.24) is 4.90 Å². The zero-order valence-electron chi connectivity index (χ0n) is 13.0. The van der Waals surface area contributed by atoms with E-state index in [1.54, 1.807) is 14.2 Å². The summed E-state index contributed by atoms with van der Waals surface area (Å²) in [5.74, 6) is 0.850. The number of ether oxygens (including phenoxy) is 2. The maximum Gasteiger partial charge on any atom is 0.0589 e. The third kappa shape index (κ3) is 5.03.